The fourth-order valence-electron chi connectivity index (χ4n) is 3.42. The number of hydrogen-bond acceptors (Lipinski definition) is 4. The number of rotatable bonds is 8. The Labute approximate surface area is 143 Å². The SMILES string of the molecule is C=CCOc1cccc(CN2CC[C@](CCC)(C(=O)O)[C@@H](O)C2)c1. The summed E-state index contributed by atoms with van der Waals surface area (Å²) >= 11 is 0. The predicted molar refractivity (Wildman–Crippen MR) is 93.0 cm³/mol. The molecule has 0 bridgehead atoms. The largest absolute Gasteiger partial charge is 0.490 e. The molecule has 0 radical (unpaired) electrons. The maximum atomic E-state index is 11.7. The highest BCUT2D eigenvalue weighted by Crippen LogP contribution is 2.37. The third-order valence-electron chi connectivity index (χ3n) is 4.74. The fourth-order valence-corrected chi connectivity index (χ4v) is 3.42. The van der Waals surface area contributed by atoms with Crippen LogP contribution in [-0.4, -0.2) is 46.9 Å². The summed E-state index contributed by atoms with van der Waals surface area (Å²) in [5.41, 5.74) is 0.0854. The van der Waals surface area contributed by atoms with Gasteiger partial charge in [-0.15, -0.1) is 0 Å². The van der Waals surface area contributed by atoms with Gasteiger partial charge in [-0.25, -0.2) is 0 Å². The van der Waals surface area contributed by atoms with Crippen LogP contribution in [0.2, 0.25) is 0 Å². The van der Waals surface area contributed by atoms with Crippen molar-refractivity contribution in [2.75, 3.05) is 19.7 Å². The molecule has 0 aromatic heterocycles. The first-order chi connectivity index (χ1) is 11.5. The van der Waals surface area contributed by atoms with Crippen molar-refractivity contribution < 1.29 is 19.7 Å². The Morgan fingerprint density at radius 3 is 2.96 bits per heavy atom. The summed E-state index contributed by atoms with van der Waals surface area (Å²) in [6, 6.07) is 7.82. The molecule has 2 N–H and O–H groups in total. The summed E-state index contributed by atoms with van der Waals surface area (Å²) in [5.74, 6) is -0.0906. The molecule has 1 aromatic rings. The van der Waals surface area contributed by atoms with E-state index in [0.717, 1.165) is 17.7 Å². The number of carboxylic acid groups (broad SMARTS) is 1. The molecule has 5 heteroatoms. The lowest BCUT2D eigenvalue weighted by Crippen LogP contribution is -2.54. The number of benzene rings is 1. The van der Waals surface area contributed by atoms with Gasteiger partial charge in [-0.3, -0.25) is 9.69 Å². The summed E-state index contributed by atoms with van der Waals surface area (Å²) in [4.78, 5) is 13.8. The Bertz CT molecular complexity index is 574. The van der Waals surface area contributed by atoms with Crippen LogP contribution < -0.4 is 4.74 Å². The van der Waals surface area contributed by atoms with Crippen LogP contribution in [0.5, 0.6) is 5.75 Å². The normalized spacial score (nSPS) is 24.5. The number of nitrogens with zero attached hydrogens (tertiary/aromatic N) is 1. The number of carboxylic acids is 1. The minimum Gasteiger partial charge on any atom is -0.490 e. The molecule has 2 rings (SSSR count). The number of aliphatic hydroxyl groups excluding tert-OH is 1. The number of ether oxygens (including phenoxy) is 1. The molecule has 0 aliphatic carbocycles. The number of carbonyl (C=O) groups is 1. The molecule has 1 aromatic carbocycles. The second-order valence-corrected chi connectivity index (χ2v) is 6.46. The number of aliphatic carboxylic acids is 1. The number of hydrogen-bond donors (Lipinski definition) is 2. The van der Waals surface area contributed by atoms with Crippen molar-refractivity contribution in [1.29, 1.82) is 0 Å². The summed E-state index contributed by atoms with van der Waals surface area (Å²) in [5, 5.41) is 20.1. The second kappa shape index (κ2) is 8.31. The average Bonchev–Trinajstić information content (AvgIpc) is 2.56. The molecule has 1 fully saturated rings. The van der Waals surface area contributed by atoms with Crippen molar-refractivity contribution in [3.05, 3.63) is 42.5 Å². The molecule has 1 heterocycles. The summed E-state index contributed by atoms with van der Waals surface area (Å²) < 4.78 is 5.54. The average molecular weight is 333 g/mol. The Balaban J connectivity index is 2.01. The van der Waals surface area contributed by atoms with Crippen LogP contribution >= 0.6 is 0 Å². The number of aliphatic hydroxyl groups is 1. The molecular weight excluding hydrogens is 306 g/mol. The first-order valence-corrected chi connectivity index (χ1v) is 8.48. The van der Waals surface area contributed by atoms with Gasteiger partial charge in [0, 0.05) is 13.1 Å². The van der Waals surface area contributed by atoms with Crippen LogP contribution in [-0.2, 0) is 11.3 Å². The van der Waals surface area contributed by atoms with Crippen LogP contribution in [0.25, 0.3) is 0 Å². The summed E-state index contributed by atoms with van der Waals surface area (Å²) in [7, 11) is 0. The van der Waals surface area contributed by atoms with E-state index in [0.29, 0.717) is 39.1 Å². The van der Waals surface area contributed by atoms with Gasteiger partial charge in [0.15, 0.2) is 0 Å². The van der Waals surface area contributed by atoms with Crippen LogP contribution in [0.3, 0.4) is 0 Å². The quantitative estimate of drug-likeness (QED) is 0.716. The molecule has 2 atom stereocenters. The number of likely N-dealkylation sites (tertiary alicyclic amines) is 1. The van der Waals surface area contributed by atoms with E-state index in [-0.39, 0.29) is 0 Å². The molecule has 0 unspecified atom stereocenters. The minimum atomic E-state index is -1.000. The van der Waals surface area contributed by atoms with Gasteiger partial charge in [-0.1, -0.05) is 38.1 Å². The zero-order valence-electron chi connectivity index (χ0n) is 14.3. The number of β-amino-alcohol motifs (C(OH)–C–C–N with tert-alkyl or cyclic N) is 1. The third-order valence-corrected chi connectivity index (χ3v) is 4.74. The molecule has 0 amide bonds. The Morgan fingerprint density at radius 1 is 1.54 bits per heavy atom. The summed E-state index contributed by atoms with van der Waals surface area (Å²) in [6.07, 6.45) is 2.61. The van der Waals surface area contributed by atoms with E-state index in [1.165, 1.54) is 0 Å². The molecule has 1 aliphatic rings. The third kappa shape index (κ3) is 4.16. The highest BCUT2D eigenvalue weighted by molar-refractivity contribution is 5.75. The van der Waals surface area contributed by atoms with E-state index in [4.69, 9.17) is 4.74 Å². The monoisotopic (exact) mass is 333 g/mol. The molecule has 1 saturated heterocycles. The van der Waals surface area contributed by atoms with Crippen molar-refractivity contribution in [2.24, 2.45) is 5.41 Å². The van der Waals surface area contributed by atoms with Gasteiger partial charge < -0.3 is 14.9 Å². The van der Waals surface area contributed by atoms with Gasteiger partial charge in [-0.05, 0) is 37.1 Å². The first-order valence-electron chi connectivity index (χ1n) is 8.48. The molecule has 5 nitrogen and oxygen atoms in total. The second-order valence-electron chi connectivity index (χ2n) is 6.46. The van der Waals surface area contributed by atoms with Crippen molar-refractivity contribution in [3.63, 3.8) is 0 Å². The van der Waals surface area contributed by atoms with E-state index in [1.807, 2.05) is 31.2 Å². The van der Waals surface area contributed by atoms with E-state index in [1.54, 1.807) is 6.08 Å². The Kier molecular flexibility index (Phi) is 6.40. The molecule has 1 aliphatic heterocycles. The van der Waals surface area contributed by atoms with Crippen molar-refractivity contribution in [3.8, 4) is 5.75 Å². The summed E-state index contributed by atoms with van der Waals surface area (Å²) in [6.45, 7) is 7.77. The van der Waals surface area contributed by atoms with Crippen molar-refractivity contribution in [1.82, 2.24) is 4.90 Å². The van der Waals surface area contributed by atoms with Crippen LogP contribution in [0.15, 0.2) is 36.9 Å². The predicted octanol–water partition coefficient (Wildman–Crippen LogP) is 2.69. The zero-order valence-corrected chi connectivity index (χ0v) is 14.3. The zero-order chi connectivity index (χ0) is 17.6. The van der Waals surface area contributed by atoms with E-state index >= 15 is 0 Å². The lowest BCUT2D eigenvalue weighted by molar-refractivity contribution is -0.164. The van der Waals surface area contributed by atoms with Crippen LogP contribution in [0.4, 0.5) is 0 Å². The lowest BCUT2D eigenvalue weighted by atomic mass is 9.73. The maximum Gasteiger partial charge on any atom is 0.312 e. The molecule has 0 spiro atoms. The van der Waals surface area contributed by atoms with Crippen LogP contribution in [0.1, 0.15) is 31.7 Å². The van der Waals surface area contributed by atoms with E-state index in [9.17, 15) is 15.0 Å². The molecular formula is C19H27NO4. The highest BCUT2D eigenvalue weighted by Gasteiger charge is 2.47. The Hall–Kier alpha value is -1.85. The Morgan fingerprint density at radius 2 is 2.33 bits per heavy atom. The minimum absolute atomic E-state index is 0.379. The van der Waals surface area contributed by atoms with Gasteiger partial charge in [-0.2, -0.15) is 0 Å². The molecule has 132 valence electrons. The van der Waals surface area contributed by atoms with Crippen molar-refractivity contribution in [2.45, 2.75) is 38.8 Å². The standard InChI is InChI=1S/C19H27NO4/c1-3-8-19(18(22)23)9-10-20(14-17(19)21)13-15-6-5-7-16(12-15)24-11-4-2/h4-7,12,17,21H,2-3,8-11,13-14H2,1H3,(H,22,23)/t17-,19-/m0/s1. The van der Waals surface area contributed by atoms with Gasteiger partial charge in [0.25, 0.3) is 0 Å². The fraction of sp³-hybridized carbons (Fsp3) is 0.526. The van der Waals surface area contributed by atoms with Crippen molar-refractivity contribution >= 4 is 5.97 Å². The topological polar surface area (TPSA) is 70.0 Å². The highest BCUT2D eigenvalue weighted by atomic mass is 16.5. The smallest absolute Gasteiger partial charge is 0.312 e. The molecule has 24 heavy (non-hydrogen) atoms. The lowest BCUT2D eigenvalue weighted by Gasteiger charge is -2.42. The maximum absolute atomic E-state index is 11.7. The van der Waals surface area contributed by atoms with E-state index < -0.39 is 17.5 Å². The van der Waals surface area contributed by atoms with E-state index in [2.05, 4.69) is 11.5 Å². The van der Waals surface area contributed by atoms with Gasteiger partial charge in [0.05, 0.1) is 11.5 Å². The van der Waals surface area contributed by atoms with Gasteiger partial charge >= 0.3 is 5.97 Å². The van der Waals surface area contributed by atoms with Gasteiger partial charge in [0.2, 0.25) is 0 Å². The van der Waals surface area contributed by atoms with Gasteiger partial charge in [0.1, 0.15) is 12.4 Å². The van der Waals surface area contributed by atoms with Crippen LogP contribution in [0, 0.1) is 5.41 Å². The molecule has 0 saturated carbocycles. The first kappa shape index (κ1) is 18.5. The number of piperidine rings is 1.